The first kappa shape index (κ1) is 15.2. The van der Waals surface area contributed by atoms with Crippen LogP contribution in [0.5, 0.6) is 0 Å². The topological polar surface area (TPSA) is 60.2 Å². The standard InChI is InChI=1S/C12H18F3N3O2/c1-16-9-4-2-3-8(9)11-17-10(18-20-11)5-6-19-7-12(13,14)15/h8-9,16H,2-7H2,1H3. The normalized spacial score (nSPS) is 23.4. The minimum atomic E-state index is -4.30. The summed E-state index contributed by atoms with van der Waals surface area (Å²) in [5.74, 6) is 1.15. The van der Waals surface area contributed by atoms with Crippen molar-refractivity contribution in [3.8, 4) is 0 Å². The lowest BCUT2D eigenvalue weighted by molar-refractivity contribution is -0.173. The van der Waals surface area contributed by atoms with Gasteiger partial charge in [-0.05, 0) is 19.9 Å². The van der Waals surface area contributed by atoms with Gasteiger partial charge in [-0.1, -0.05) is 11.6 Å². The van der Waals surface area contributed by atoms with Crippen LogP contribution in [0, 0.1) is 0 Å². The molecule has 1 aromatic rings. The van der Waals surface area contributed by atoms with E-state index in [-0.39, 0.29) is 18.9 Å². The van der Waals surface area contributed by atoms with Crippen LogP contribution in [0.3, 0.4) is 0 Å². The van der Waals surface area contributed by atoms with Crippen LogP contribution in [-0.2, 0) is 11.2 Å². The number of nitrogens with zero attached hydrogens (tertiary/aromatic N) is 2. The van der Waals surface area contributed by atoms with Gasteiger partial charge < -0.3 is 14.6 Å². The minimum Gasteiger partial charge on any atom is -0.372 e. The molecule has 2 rings (SSSR count). The first-order chi connectivity index (χ1) is 9.49. The molecule has 0 aliphatic heterocycles. The molecule has 114 valence electrons. The maximum atomic E-state index is 11.9. The number of aromatic nitrogens is 2. The largest absolute Gasteiger partial charge is 0.411 e. The van der Waals surface area contributed by atoms with Gasteiger partial charge in [0.2, 0.25) is 5.89 Å². The van der Waals surface area contributed by atoms with Gasteiger partial charge in [0.25, 0.3) is 0 Å². The first-order valence-corrected chi connectivity index (χ1v) is 6.64. The second kappa shape index (κ2) is 6.53. The van der Waals surface area contributed by atoms with Gasteiger partial charge in [-0.2, -0.15) is 18.2 Å². The predicted molar refractivity (Wildman–Crippen MR) is 64.3 cm³/mol. The van der Waals surface area contributed by atoms with Gasteiger partial charge >= 0.3 is 6.18 Å². The minimum absolute atomic E-state index is 0.0708. The van der Waals surface area contributed by atoms with Crippen LogP contribution in [0.1, 0.15) is 36.9 Å². The third kappa shape index (κ3) is 4.17. The molecule has 0 radical (unpaired) electrons. The molecule has 5 nitrogen and oxygen atoms in total. The lowest BCUT2D eigenvalue weighted by Crippen LogP contribution is -2.27. The highest BCUT2D eigenvalue weighted by Crippen LogP contribution is 2.33. The van der Waals surface area contributed by atoms with Crippen molar-refractivity contribution >= 4 is 0 Å². The average Bonchev–Trinajstić information content (AvgIpc) is 3.01. The molecule has 0 amide bonds. The maximum absolute atomic E-state index is 11.9. The van der Waals surface area contributed by atoms with Crippen molar-refractivity contribution in [2.75, 3.05) is 20.3 Å². The lowest BCUT2D eigenvalue weighted by atomic mass is 10.0. The summed E-state index contributed by atoms with van der Waals surface area (Å²) in [6.45, 7) is -1.32. The molecular weight excluding hydrogens is 275 g/mol. The molecule has 0 bridgehead atoms. The quantitative estimate of drug-likeness (QED) is 0.813. The van der Waals surface area contributed by atoms with Gasteiger partial charge in [-0.25, -0.2) is 0 Å². The lowest BCUT2D eigenvalue weighted by Gasteiger charge is -2.14. The number of ether oxygens (including phenoxy) is 1. The van der Waals surface area contributed by atoms with Gasteiger partial charge in [0.15, 0.2) is 5.82 Å². The Labute approximate surface area is 114 Å². The number of rotatable bonds is 6. The van der Waals surface area contributed by atoms with Crippen LogP contribution in [0.15, 0.2) is 4.52 Å². The fourth-order valence-corrected chi connectivity index (χ4v) is 2.47. The summed E-state index contributed by atoms with van der Waals surface area (Å²) in [5, 5.41) is 7.00. The molecule has 1 N–H and O–H groups in total. The van der Waals surface area contributed by atoms with Crippen LogP contribution in [0.2, 0.25) is 0 Å². The summed E-state index contributed by atoms with van der Waals surface area (Å²) in [5.41, 5.74) is 0. The van der Waals surface area contributed by atoms with Crippen molar-refractivity contribution < 1.29 is 22.4 Å². The Bertz CT molecular complexity index is 422. The Balaban J connectivity index is 1.80. The summed E-state index contributed by atoms with van der Waals surface area (Å²) in [7, 11) is 1.89. The van der Waals surface area contributed by atoms with E-state index >= 15 is 0 Å². The first-order valence-electron chi connectivity index (χ1n) is 6.64. The molecule has 1 saturated carbocycles. The van der Waals surface area contributed by atoms with Gasteiger partial charge in [0.1, 0.15) is 6.61 Å². The molecule has 0 aromatic carbocycles. The van der Waals surface area contributed by atoms with Crippen molar-refractivity contribution in [2.45, 2.75) is 43.8 Å². The Hall–Kier alpha value is -1.15. The molecular formula is C12H18F3N3O2. The number of hydrogen-bond acceptors (Lipinski definition) is 5. The third-order valence-electron chi connectivity index (χ3n) is 3.42. The van der Waals surface area contributed by atoms with E-state index in [9.17, 15) is 13.2 Å². The van der Waals surface area contributed by atoms with Crippen molar-refractivity contribution in [1.82, 2.24) is 15.5 Å². The van der Waals surface area contributed by atoms with Crippen LogP contribution in [-0.4, -0.2) is 42.6 Å². The van der Waals surface area contributed by atoms with E-state index in [1.807, 2.05) is 7.05 Å². The van der Waals surface area contributed by atoms with Gasteiger partial charge in [-0.3, -0.25) is 0 Å². The Morgan fingerprint density at radius 1 is 1.40 bits per heavy atom. The average molecular weight is 293 g/mol. The fraction of sp³-hybridized carbons (Fsp3) is 0.833. The molecule has 1 aliphatic carbocycles. The zero-order valence-electron chi connectivity index (χ0n) is 11.2. The number of nitrogens with one attached hydrogen (secondary N) is 1. The van der Waals surface area contributed by atoms with E-state index < -0.39 is 12.8 Å². The summed E-state index contributed by atoms with van der Waals surface area (Å²) in [4.78, 5) is 4.25. The van der Waals surface area contributed by atoms with Crippen LogP contribution in [0.4, 0.5) is 13.2 Å². The Kier molecular flexibility index (Phi) is 4.98. The highest BCUT2D eigenvalue weighted by Gasteiger charge is 2.32. The Morgan fingerprint density at radius 2 is 2.20 bits per heavy atom. The van der Waals surface area contributed by atoms with E-state index in [4.69, 9.17) is 4.52 Å². The van der Waals surface area contributed by atoms with Crippen molar-refractivity contribution in [3.63, 3.8) is 0 Å². The summed E-state index contributed by atoms with van der Waals surface area (Å²) >= 11 is 0. The fourth-order valence-electron chi connectivity index (χ4n) is 2.47. The molecule has 0 saturated heterocycles. The second-order valence-electron chi connectivity index (χ2n) is 4.90. The summed E-state index contributed by atoms with van der Waals surface area (Å²) in [6, 6.07) is 0.324. The number of likely N-dealkylation sites (N-methyl/N-ethyl adjacent to an activating group) is 1. The highest BCUT2D eigenvalue weighted by atomic mass is 19.4. The molecule has 20 heavy (non-hydrogen) atoms. The van der Waals surface area contributed by atoms with Gasteiger partial charge in [0, 0.05) is 12.5 Å². The van der Waals surface area contributed by atoms with Gasteiger partial charge in [0.05, 0.1) is 12.5 Å². The zero-order valence-corrected chi connectivity index (χ0v) is 11.2. The van der Waals surface area contributed by atoms with E-state index in [1.54, 1.807) is 0 Å². The molecule has 2 unspecified atom stereocenters. The zero-order chi connectivity index (χ0) is 14.6. The smallest absolute Gasteiger partial charge is 0.372 e. The molecule has 8 heteroatoms. The summed E-state index contributed by atoms with van der Waals surface area (Å²) < 4.78 is 45.4. The van der Waals surface area contributed by atoms with Crippen molar-refractivity contribution in [2.24, 2.45) is 0 Å². The molecule has 0 spiro atoms. The predicted octanol–water partition coefficient (Wildman–Crippen LogP) is 2.05. The van der Waals surface area contributed by atoms with Crippen LogP contribution in [0.25, 0.3) is 0 Å². The monoisotopic (exact) mass is 293 g/mol. The molecule has 1 aliphatic rings. The Morgan fingerprint density at radius 3 is 2.90 bits per heavy atom. The molecule has 1 aromatic heterocycles. The SMILES string of the molecule is CNC1CCCC1c1nc(CCOCC(F)(F)F)no1. The number of halogens is 3. The summed E-state index contributed by atoms with van der Waals surface area (Å²) in [6.07, 6.45) is -0.934. The molecule has 2 atom stereocenters. The van der Waals surface area contributed by atoms with Crippen molar-refractivity contribution in [1.29, 1.82) is 0 Å². The number of hydrogen-bond donors (Lipinski definition) is 1. The number of alkyl halides is 3. The molecule has 1 fully saturated rings. The molecule has 1 heterocycles. The second-order valence-corrected chi connectivity index (χ2v) is 4.90. The van der Waals surface area contributed by atoms with E-state index in [2.05, 4.69) is 20.2 Å². The van der Waals surface area contributed by atoms with Crippen LogP contribution >= 0.6 is 0 Å². The van der Waals surface area contributed by atoms with Gasteiger partial charge in [-0.15, -0.1) is 0 Å². The van der Waals surface area contributed by atoms with Crippen molar-refractivity contribution in [3.05, 3.63) is 11.7 Å². The van der Waals surface area contributed by atoms with E-state index in [0.717, 1.165) is 19.3 Å². The van der Waals surface area contributed by atoms with E-state index in [0.29, 0.717) is 17.8 Å². The van der Waals surface area contributed by atoms with Crippen LogP contribution < -0.4 is 5.32 Å². The maximum Gasteiger partial charge on any atom is 0.411 e. The van der Waals surface area contributed by atoms with E-state index in [1.165, 1.54) is 0 Å². The highest BCUT2D eigenvalue weighted by molar-refractivity contribution is 5.02. The third-order valence-corrected chi connectivity index (χ3v) is 3.42.